The first-order valence-corrected chi connectivity index (χ1v) is 9.18. The fourth-order valence-corrected chi connectivity index (χ4v) is 3.77. The van der Waals surface area contributed by atoms with Crippen molar-refractivity contribution in [3.05, 3.63) is 39.8 Å². The molecule has 144 valence electrons. The van der Waals surface area contributed by atoms with Crippen LogP contribution in [0.2, 0.25) is 0 Å². The highest BCUT2D eigenvalue weighted by atomic mass is 16.5. The van der Waals surface area contributed by atoms with Gasteiger partial charge in [0.2, 0.25) is 5.95 Å². The van der Waals surface area contributed by atoms with Crippen molar-refractivity contribution < 1.29 is 9.53 Å². The van der Waals surface area contributed by atoms with Crippen LogP contribution in [0.25, 0.3) is 0 Å². The lowest BCUT2D eigenvalue weighted by Crippen LogP contribution is -2.39. The summed E-state index contributed by atoms with van der Waals surface area (Å²) in [7, 11) is 0. The number of nitrogens with one attached hydrogen (secondary N) is 3. The minimum atomic E-state index is -0.400. The lowest BCUT2D eigenvalue weighted by atomic mass is 9.74. The number of carbonyl (C=O) groups is 1. The zero-order chi connectivity index (χ0) is 19.0. The first-order valence-electron chi connectivity index (χ1n) is 9.18. The third kappa shape index (κ3) is 3.73. The molecule has 3 N–H and O–H groups in total. The molecule has 0 unspecified atom stereocenters. The summed E-state index contributed by atoms with van der Waals surface area (Å²) < 4.78 is 5.40. The van der Waals surface area contributed by atoms with Gasteiger partial charge in [0.15, 0.2) is 0 Å². The molecule has 1 aliphatic carbocycles. The van der Waals surface area contributed by atoms with Gasteiger partial charge in [-0.05, 0) is 18.3 Å². The van der Waals surface area contributed by atoms with E-state index in [9.17, 15) is 9.59 Å². The predicted octanol–water partition coefficient (Wildman–Crippen LogP) is 0.773. The summed E-state index contributed by atoms with van der Waals surface area (Å²) in [5, 5.41) is 3.02. The molecule has 0 spiro atoms. The number of H-pyrrole nitrogens is 2. The second-order valence-corrected chi connectivity index (χ2v) is 7.90. The number of nitrogens with zero attached hydrogens (tertiary/aromatic N) is 3. The van der Waals surface area contributed by atoms with Crippen LogP contribution in [-0.4, -0.2) is 52.1 Å². The van der Waals surface area contributed by atoms with Crippen LogP contribution in [-0.2, 0) is 11.2 Å². The number of carbonyl (C=O) groups excluding carboxylic acids is 1. The molecule has 0 saturated carbocycles. The number of aromatic amines is 2. The van der Waals surface area contributed by atoms with Crippen molar-refractivity contribution in [2.45, 2.75) is 32.7 Å². The summed E-state index contributed by atoms with van der Waals surface area (Å²) in [5.74, 6) is 0.397. The van der Waals surface area contributed by atoms with Crippen molar-refractivity contribution in [3.63, 3.8) is 0 Å². The highest BCUT2D eigenvalue weighted by molar-refractivity contribution is 5.92. The van der Waals surface area contributed by atoms with Gasteiger partial charge < -0.3 is 24.9 Å². The Hall–Kier alpha value is -2.68. The van der Waals surface area contributed by atoms with Crippen LogP contribution < -0.4 is 15.9 Å². The van der Waals surface area contributed by atoms with Gasteiger partial charge in [0.25, 0.3) is 5.91 Å². The highest BCUT2D eigenvalue weighted by Gasteiger charge is 2.35. The van der Waals surface area contributed by atoms with Crippen LogP contribution in [0.1, 0.15) is 48.1 Å². The number of hydrogen-bond acceptors (Lipinski definition) is 6. The molecular formula is C18H24N6O3. The van der Waals surface area contributed by atoms with Gasteiger partial charge >= 0.3 is 5.69 Å². The van der Waals surface area contributed by atoms with Gasteiger partial charge in [-0.2, -0.15) is 0 Å². The van der Waals surface area contributed by atoms with E-state index in [1.165, 1.54) is 6.20 Å². The van der Waals surface area contributed by atoms with E-state index in [1.807, 2.05) is 6.20 Å². The van der Waals surface area contributed by atoms with Gasteiger partial charge in [0.05, 0.1) is 24.9 Å². The molecule has 2 aliphatic rings. The lowest BCUT2D eigenvalue weighted by molar-refractivity contribution is 0.0914. The van der Waals surface area contributed by atoms with Crippen molar-refractivity contribution in [1.29, 1.82) is 0 Å². The molecule has 0 bridgehead atoms. The largest absolute Gasteiger partial charge is 0.378 e. The van der Waals surface area contributed by atoms with Gasteiger partial charge in [-0.3, -0.25) is 4.79 Å². The van der Waals surface area contributed by atoms with E-state index in [-0.39, 0.29) is 23.1 Å². The Kier molecular flexibility index (Phi) is 4.47. The Morgan fingerprint density at radius 1 is 1.37 bits per heavy atom. The van der Waals surface area contributed by atoms with Crippen molar-refractivity contribution in [3.8, 4) is 0 Å². The number of rotatable bonds is 3. The van der Waals surface area contributed by atoms with E-state index < -0.39 is 5.69 Å². The molecule has 9 heteroatoms. The predicted molar refractivity (Wildman–Crippen MR) is 98.8 cm³/mol. The number of amides is 1. The first kappa shape index (κ1) is 17.7. The van der Waals surface area contributed by atoms with Crippen molar-refractivity contribution in [2.24, 2.45) is 5.41 Å². The molecule has 1 aliphatic heterocycles. The Morgan fingerprint density at radius 2 is 2.15 bits per heavy atom. The van der Waals surface area contributed by atoms with Crippen LogP contribution >= 0.6 is 0 Å². The van der Waals surface area contributed by atoms with E-state index in [4.69, 9.17) is 9.72 Å². The SMILES string of the molecule is CC1(C)Cc2nc(N3CCOCC3)ncc2[C@@H](NC(=O)c2c[nH]c(=O)[nH]2)C1. The Balaban J connectivity index is 1.60. The molecule has 9 nitrogen and oxygen atoms in total. The minimum Gasteiger partial charge on any atom is -0.378 e. The van der Waals surface area contributed by atoms with E-state index in [0.29, 0.717) is 13.2 Å². The van der Waals surface area contributed by atoms with E-state index in [1.54, 1.807) is 0 Å². The van der Waals surface area contributed by atoms with Gasteiger partial charge in [-0.1, -0.05) is 13.8 Å². The zero-order valence-corrected chi connectivity index (χ0v) is 15.5. The van der Waals surface area contributed by atoms with Gasteiger partial charge in [-0.15, -0.1) is 0 Å². The van der Waals surface area contributed by atoms with Gasteiger partial charge in [-0.25, -0.2) is 14.8 Å². The molecule has 1 saturated heterocycles. The third-order valence-electron chi connectivity index (χ3n) is 5.11. The summed E-state index contributed by atoms with van der Waals surface area (Å²) in [4.78, 5) is 40.2. The van der Waals surface area contributed by atoms with Crippen LogP contribution in [0, 0.1) is 5.41 Å². The maximum atomic E-state index is 12.5. The fraction of sp³-hybridized carbons (Fsp3) is 0.556. The zero-order valence-electron chi connectivity index (χ0n) is 15.5. The van der Waals surface area contributed by atoms with E-state index in [0.717, 1.165) is 43.1 Å². The summed E-state index contributed by atoms with van der Waals surface area (Å²) in [6.45, 7) is 7.26. The van der Waals surface area contributed by atoms with Crippen molar-refractivity contribution in [2.75, 3.05) is 31.2 Å². The monoisotopic (exact) mass is 372 g/mol. The van der Waals surface area contributed by atoms with Crippen LogP contribution in [0.15, 0.2) is 17.2 Å². The lowest BCUT2D eigenvalue weighted by Gasteiger charge is -2.37. The highest BCUT2D eigenvalue weighted by Crippen LogP contribution is 2.40. The number of fused-ring (bicyclic) bond motifs is 1. The average Bonchev–Trinajstić information content (AvgIpc) is 3.07. The number of morpholine rings is 1. The van der Waals surface area contributed by atoms with E-state index in [2.05, 4.69) is 39.0 Å². The minimum absolute atomic E-state index is 0.00681. The Bertz CT molecular complexity index is 896. The smallest absolute Gasteiger partial charge is 0.323 e. The third-order valence-corrected chi connectivity index (χ3v) is 5.11. The first-order chi connectivity index (χ1) is 12.9. The Labute approximate surface area is 156 Å². The molecule has 1 atom stereocenters. The quantitative estimate of drug-likeness (QED) is 0.733. The second kappa shape index (κ2) is 6.80. The topological polar surface area (TPSA) is 116 Å². The average molecular weight is 372 g/mol. The molecular weight excluding hydrogens is 348 g/mol. The second-order valence-electron chi connectivity index (χ2n) is 7.90. The van der Waals surface area contributed by atoms with Crippen molar-refractivity contribution in [1.82, 2.24) is 25.3 Å². The molecule has 27 heavy (non-hydrogen) atoms. The summed E-state index contributed by atoms with van der Waals surface area (Å²) >= 11 is 0. The van der Waals surface area contributed by atoms with Gasteiger partial charge in [0, 0.05) is 31.0 Å². The number of hydrogen-bond donors (Lipinski definition) is 3. The van der Waals surface area contributed by atoms with Crippen LogP contribution in [0.4, 0.5) is 5.95 Å². The molecule has 0 aromatic carbocycles. The Morgan fingerprint density at radius 3 is 2.85 bits per heavy atom. The standard InChI is InChI=1S/C18H24N6O3/c1-18(2)7-12(21-15(25)14-10-20-17(26)23-14)11-9-19-16(22-13(11)8-18)24-3-5-27-6-4-24/h9-10,12H,3-8H2,1-2H3,(H,21,25)(H2,20,23,26)/t12-/m0/s1. The fourth-order valence-electron chi connectivity index (χ4n) is 3.77. The molecule has 3 heterocycles. The summed E-state index contributed by atoms with van der Waals surface area (Å²) in [6.07, 6.45) is 4.81. The number of ether oxygens (including phenoxy) is 1. The van der Waals surface area contributed by atoms with Gasteiger partial charge in [0.1, 0.15) is 5.69 Å². The molecule has 1 amide bonds. The molecule has 2 aromatic heterocycles. The normalized spacial score (nSPS) is 21.6. The molecule has 2 aromatic rings. The van der Waals surface area contributed by atoms with Crippen LogP contribution in [0.5, 0.6) is 0 Å². The van der Waals surface area contributed by atoms with Crippen LogP contribution in [0.3, 0.4) is 0 Å². The maximum absolute atomic E-state index is 12.5. The maximum Gasteiger partial charge on any atom is 0.323 e. The molecule has 1 fully saturated rings. The number of aromatic nitrogens is 4. The molecule has 4 rings (SSSR count). The summed E-state index contributed by atoms with van der Waals surface area (Å²) in [6, 6.07) is -0.201. The number of anilines is 1. The van der Waals surface area contributed by atoms with Crippen molar-refractivity contribution >= 4 is 11.9 Å². The molecule has 0 radical (unpaired) electrons. The summed E-state index contributed by atoms with van der Waals surface area (Å²) in [5.41, 5.74) is 1.72. The van der Waals surface area contributed by atoms with E-state index >= 15 is 0 Å². The number of imidazole rings is 1.